The third-order valence-electron chi connectivity index (χ3n) is 2.97. The number of carboxylic acids is 1. The number of benzene rings is 1. The van der Waals surface area contributed by atoms with Gasteiger partial charge in [-0.05, 0) is 46.5 Å². The molecule has 1 heterocycles. The summed E-state index contributed by atoms with van der Waals surface area (Å²) in [5, 5.41) is 12.8. The van der Waals surface area contributed by atoms with Crippen molar-refractivity contribution in [3.63, 3.8) is 0 Å². The van der Waals surface area contributed by atoms with Gasteiger partial charge in [0.05, 0.1) is 11.3 Å². The Balaban J connectivity index is 2.05. The zero-order valence-corrected chi connectivity index (χ0v) is 13.0. The first-order valence-electron chi connectivity index (χ1n) is 6.18. The number of nitrogens with one attached hydrogen (secondary N) is 1. The van der Waals surface area contributed by atoms with Crippen molar-refractivity contribution < 1.29 is 18.3 Å². The SMILES string of the molecule is Cc1cscc1CNS(=O)(=O)Cc1cccc(C(=O)O)c1. The predicted molar refractivity (Wildman–Crippen MR) is 81.9 cm³/mol. The van der Waals surface area contributed by atoms with Crippen LogP contribution in [0.5, 0.6) is 0 Å². The van der Waals surface area contributed by atoms with Crippen LogP contribution in [0, 0.1) is 6.92 Å². The summed E-state index contributed by atoms with van der Waals surface area (Å²) in [4.78, 5) is 10.9. The van der Waals surface area contributed by atoms with E-state index in [0.717, 1.165) is 11.1 Å². The molecule has 21 heavy (non-hydrogen) atoms. The molecule has 0 aliphatic carbocycles. The maximum atomic E-state index is 12.0. The fraction of sp³-hybridized carbons (Fsp3) is 0.214. The lowest BCUT2D eigenvalue weighted by molar-refractivity contribution is 0.0696. The fourth-order valence-electron chi connectivity index (χ4n) is 1.82. The molecule has 0 saturated carbocycles. The number of aromatic carboxylic acids is 1. The number of carbonyl (C=O) groups is 1. The molecule has 0 aliphatic rings. The second kappa shape index (κ2) is 6.38. The van der Waals surface area contributed by atoms with Crippen LogP contribution >= 0.6 is 11.3 Å². The summed E-state index contributed by atoms with van der Waals surface area (Å²) < 4.78 is 26.6. The Hall–Kier alpha value is -1.70. The molecule has 2 N–H and O–H groups in total. The summed E-state index contributed by atoms with van der Waals surface area (Å²) in [6, 6.07) is 5.94. The van der Waals surface area contributed by atoms with E-state index >= 15 is 0 Å². The lowest BCUT2D eigenvalue weighted by atomic mass is 10.1. The quantitative estimate of drug-likeness (QED) is 0.854. The highest BCUT2D eigenvalue weighted by molar-refractivity contribution is 7.88. The van der Waals surface area contributed by atoms with Crippen molar-refractivity contribution in [3.8, 4) is 0 Å². The van der Waals surface area contributed by atoms with Crippen molar-refractivity contribution in [2.24, 2.45) is 0 Å². The van der Waals surface area contributed by atoms with Crippen LogP contribution in [0.4, 0.5) is 0 Å². The van der Waals surface area contributed by atoms with Gasteiger partial charge in [-0.1, -0.05) is 12.1 Å². The molecule has 7 heteroatoms. The van der Waals surface area contributed by atoms with E-state index in [-0.39, 0.29) is 17.9 Å². The van der Waals surface area contributed by atoms with Crippen molar-refractivity contribution >= 4 is 27.3 Å². The van der Waals surface area contributed by atoms with Crippen LogP contribution in [0.25, 0.3) is 0 Å². The van der Waals surface area contributed by atoms with E-state index in [4.69, 9.17) is 5.11 Å². The Morgan fingerprint density at radius 1 is 1.33 bits per heavy atom. The molecule has 0 fully saturated rings. The number of sulfonamides is 1. The molecule has 112 valence electrons. The first-order chi connectivity index (χ1) is 9.87. The van der Waals surface area contributed by atoms with Crippen molar-refractivity contribution in [1.29, 1.82) is 0 Å². The molecule has 1 aromatic carbocycles. The fourth-order valence-corrected chi connectivity index (χ4v) is 3.77. The second-order valence-electron chi connectivity index (χ2n) is 4.67. The highest BCUT2D eigenvalue weighted by Gasteiger charge is 2.13. The van der Waals surface area contributed by atoms with Crippen molar-refractivity contribution in [2.75, 3.05) is 0 Å². The van der Waals surface area contributed by atoms with Gasteiger partial charge in [0.15, 0.2) is 0 Å². The van der Waals surface area contributed by atoms with Gasteiger partial charge in [-0.2, -0.15) is 11.3 Å². The molecule has 5 nitrogen and oxygen atoms in total. The van der Waals surface area contributed by atoms with E-state index in [2.05, 4.69) is 4.72 Å². The molecular weight excluding hydrogens is 310 g/mol. The Morgan fingerprint density at radius 2 is 2.10 bits per heavy atom. The predicted octanol–water partition coefficient (Wildman–Crippen LogP) is 2.37. The first kappa shape index (κ1) is 15.7. The van der Waals surface area contributed by atoms with Gasteiger partial charge in [-0.25, -0.2) is 17.9 Å². The van der Waals surface area contributed by atoms with E-state index < -0.39 is 16.0 Å². The van der Waals surface area contributed by atoms with Crippen LogP contribution in [0.2, 0.25) is 0 Å². The summed E-state index contributed by atoms with van der Waals surface area (Å²) >= 11 is 1.53. The Kier molecular flexibility index (Phi) is 4.76. The molecule has 0 spiro atoms. The Morgan fingerprint density at radius 3 is 2.71 bits per heavy atom. The number of hydrogen-bond acceptors (Lipinski definition) is 4. The molecule has 1 aromatic heterocycles. The smallest absolute Gasteiger partial charge is 0.335 e. The summed E-state index contributed by atoms with van der Waals surface area (Å²) in [7, 11) is -3.51. The first-order valence-corrected chi connectivity index (χ1v) is 8.78. The molecule has 2 aromatic rings. The van der Waals surface area contributed by atoms with Gasteiger partial charge in [0.2, 0.25) is 10.0 Å². The minimum Gasteiger partial charge on any atom is -0.478 e. The van der Waals surface area contributed by atoms with Gasteiger partial charge in [0.25, 0.3) is 0 Å². The summed E-state index contributed by atoms with van der Waals surface area (Å²) in [6.07, 6.45) is 0. The van der Waals surface area contributed by atoms with Crippen LogP contribution in [0.1, 0.15) is 27.0 Å². The standard InChI is InChI=1S/C14H15NO4S2/c1-10-7-20-8-13(10)6-15-21(18,19)9-11-3-2-4-12(5-11)14(16)17/h2-5,7-8,15H,6,9H2,1H3,(H,16,17). The minimum atomic E-state index is -3.51. The minimum absolute atomic E-state index is 0.0800. The number of thiophene rings is 1. The monoisotopic (exact) mass is 325 g/mol. The summed E-state index contributed by atoms with van der Waals surface area (Å²) in [6.45, 7) is 2.17. The van der Waals surface area contributed by atoms with Crippen LogP contribution in [-0.2, 0) is 22.3 Å². The van der Waals surface area contributed by atoms with Gasteiger partial charge in [-0.3, -0.25) is 0 Å². The van der Waals surface area contributed by atoms with Gasteiger partial charge in [0, 0.05) is 6.54 Å². The van der Waals surface area contributed by atoms with Crippen LogP contribution in [0.15, 0.2) is 35.0 Å². The molecule has 0 bridgehead atoms. The largest absolute Gasteiger partial charge is 0.478 e. The average Bonchev–Trinajstić information content (AvgIpc) is 2.82. The Labute approximate surface area is 127 Å². The molecule has 0 amide bonds. The molecule has 0 atom stereocenters. The van der Waals surface area contributed by atoms with Gasteiger partial charge < -0.3 is 5.11 Å². The third-order valence-corrected chi connectivity index (χ3v) is 5.18. The maximum Gasteiger partial charge on any atom is 0.335 e. The average molecular weight is 325 g/mol. The molecule has 0 saturated heterocycles. The topological polar surface area (TPSA) is 83.5 Å². The van der Waals surface area contributed by atoms with Crippen LogP contribution < -0.4 is 4.72 Å². The number of hydrogen-bond donors (Lipinski definition) is 2. The summed E-state index contributed by atoms with van der Waals surface area (Å²) in [5.41, 5.74) is 2.53. The zero-order valence-electron chi connectivity index (χ0n) is 11.4. The number of rotatable bonds is 6. The highest BCUT2D eigenvalue weighted by atomic mass is 32.2. The normalized spacial score (nSPS) is 11.5. The Bertz CT molecular complexity index is 750. The molecule has 0 aliphatic heterocycles. The van der Waals surface area contributed by atoms with E-state index in [1.807, 2.05) is 17.7 Å². The van der Waals surface area contributed by atoms with Crippen molar-refractivity contribution in [1.82, 2.24) is 4.72 Å². The van der Waals surface area contributed by atoms with Crippen molar-refractivity contribution in [2.45, 2.75) is 19.2 Å². The lowest BCUT2D eigenvalue weighted by Crippen LogP contribution is -2.24. The van der Waals surface area contributed by atoms with Gasteiger partial charge >= 0.3 is 5.97 Å². The van der Waals surface area contributed by atoms with E-state index in [1.165, 1.54) is 29.5 Å². The lowest BCUT2D eigenvalue weighted by Gasteiger charge is -2.07. The highest BCUT2D eigenvalue weighted by Crippen LogP contribution is 2.14. The molecule has 2 rings (SSSR count). The van der Waals surface area contributed by atoms with Crippen LogP contribution in [0.3, 0.4) is 0 Å². The van der Waals surface area contributed by atoms with Crippen molar-refractivity contribution in [3.05, 3.63) is 57.3 Å². The second-order valence-corrected chi connectivity index (χ2v) is 7.22. The van der Waals surface area contributed by atoms with E-state index in [1.54, 1.807) is 6.07 Å². The van der Waals surface area contributed by atoms with E-state index in [0.29, 0.717) is 5.56 Å². The zero-order chi connectivity index (χ0) is 15.5. The van der Waals surface area contributed by atoms with Gasteiger partial charge in [0.1, 0.15) is 0 Å². The molecule has 0 radical (unpaired) electrons. The summed E-state index contributed by atoms with van der Waals surface area (Å²) in [5.74, 6) is -1.31. The number of aryl methyl sites for hydroxylation is 1. The van der Waals surface area contributed by atoms with E-state index in [9.17, 15) is 13.2 Å². The molecular formula is C14H15NO4S2. The maximum absolute atomic E-state index is 12.0. The molecule has 0 unspecified atom stereocenters. The number of carboxylic acid groups (broad SMARTS) is 1. The third kappa shape index (κ3) is 4.38. The van der Waals surface area contributed by atoms with Crippen LogP contribution in [-0.4, -0.2) is 19.5 Å². The van der Waals surface area contributed by atoms with Gasteiger partial charge in [-0.15, -0.1) is 0 Å².